The number of hydrogen-bond donors (Lipinski definition) is 1. The Kier molecular flexibility index (Phi) is 3.16. The number of halogens is 2. The second kappa shape index (κ2) is 4.97. The first-order valence-electron chi connectivity index (χ1n) is 5.71. The normalized spacial score (nSPS) is 10.8. The van der Waals surface area contributed by atoms with E-state index in [-0.39, 0.29) is 5.82 Å². The van der Waals surface area contributed by atoms with Gasteiger partial charge in [-0.25, -0.2) is 4.39 Å². The molecule has 0 aliphatic rings. The van der Waals surface area contributed by atoms with E-state index in [2.05, 4.69) is 31.4 Å². The summed E-state index contributed by atoms with van der Waals surface area (Å²) in [4.78, 5) is 0. The summed E-state index contributed by atoms with van der Waals surface area (Å²) >= 11 is 3.23. The Balaban J connectivity index is 1.82. The molecule has 2 heterocycles. The Hall–Kier alpha value is -1.95. The first-order valence-corrected chi connectivity index (χ1v) is 6.51. The fourth-order valence-electron chi connectivity index (χ4n) is 1.80. The molecular weight excluding hydrogens is 311 g/mol. The number of anilines is 1. The second-order valence-corrected chi connectivity index (χ2v) is 4.96. The summed E-state index contributed by atoms with van der Waals surface area (Å²) < 4.78 is 16.2. The first kappa shape index (κ1) is 12.1. The average Bonchev–Trinajstić information content (AvgIpc) is 2.81. The van der Waals surface area contributed by atoms with E-state index in [0.29, 0.717) is 18.1 Å². The van der Waals surface area contributed by atoms with Gasteiger partial charge >= 0.3 is 0 Å². The predicted octanol–water partition coefficient (Wildman–Crippen LogP) is 3.24. The third-order valence-electron chi connectivity index (χ3n) is 2.77. The Morgan fingerprint density at radius 1 is 1.21 bits per heavy atom. The van der Waals surface area contributed by atoms with Gasteiger partial charge in [-0.15, -0.1) is 10.2 Å². The maximum atomic E-state index is 13.7. The molecule has 4 nitrogen and oxygen atoms in total. The van der Waals surface area contributed by atoms with Gasteiger partial charge in [0.1, 0.15) is 5.82 Å². The number of hydrogen-bond acceptors (Lipinski definition) is 3. The molecule has 1 N–H and O–H groups in total. The van der Waals surface area contributed by atoms with Crippen LogP contribution >= 0.6 is 15.9 Å². The summed E-state index contributed by atoms with van der Waals surface area (Å²) in [6, 6.07) is 10.6. The van der Waals surface area contributed by atoms with Crippen molar-refractivity contribution in [2.24, 2.45) is 0 Å². The largest absolute Gasteiger partial charge is 0.350 e. The monoisotopic (exact) mass is 320 g/mol. The topological polar surface area (TPSA) is 42.2 Å². The number of pyridine rings is 1. The average molecular weight is 321 g/mol. The first-order chi connectivity index (χ1) is 9.24. The van der Waals surface area contributed by atoms with Crippen LogP contribution in [0.25, 0.3) is 5.65 Å². The van der Waals surface area contributed by atoms with Crippen molar-refractivity contribution in [3.63, 3.8) is 0 Å². The van der Waals surface area contributed by atoms with Crippen LogP contribution in [-0.2, 0) is 6.54 Å². The van der Waals surface area contributed by atoms with Crippen LogP contribution in [0.4, 0.5) is 10.3 Å². The van der Waals surface area contributed by atoms with Gasteiger partial charge in [0.2, 0.25) is 5.95 Å². The van der Waals surface area contributed by atoms with Gasteiger partial charge in [0, 0.05) is 22.8 Å². The molecular formula is C13H10BrFN4. The molecule has 0 bridgehead atoms. The lowest BCUT2D eigenvalue weighted by molar-refractivity contribution is 0.611. The minimum Gasteiger partial charge on any atom is -0.350 e. The number of fused-ring (bicyclic) bond motifs is 1. The van der Waals surface area contributed by atoms with Crippen LogP contribution in [-0.4, -0.2) is 14.6 Å². The van der Waals surface area contributed by atoms with E-state index in [9.17, 15) is 4.39 Å². The predicted molar refractivity (Wildman–Crippen MR) is 74.4 cm³/mol. The van der Waals surface area contributed by atoms with Crippen molar-refractivity contribution in [3.8, 4) is 0 Å². The lowest BCUT2D eigenvalue weighted by Gasteiger charge is -2.06. The van der Waals surface area contributed by atoms with Crippen LogP contribution in [0.5, 0.6) is 0 Å². The van der Waals surface area contributed by atoms with Gasteiger partial charge in [-0.1, -0.05) is 28.1 Å². The summed E-state index contributed by atoms with van der Waals surface area (Å²) in [6.07, 6.45) is 1.86. The van der Waals surface area contributed by atoms with Crippen LogP contribution in [0.1, 0.15) is 5.56 Å². The van der Waals surface area contributed by atoms with Crippen LogP contribution < -0.4 is 5.32 Å². The van der Waals surface area contributed by atoms with Crippen molar-refractivity contribution in [2.45, 2.75) is 6.54 Å². The van der Waals surface area contributed by atoms with E-state index in [4.69, 9.17) is 0 Å². The second-order valence-electron chi connectivity index (χ2n) is 4.04. The molecule has 0 aliphatic carbocycles. The molecule has 3 aromatic rings. The maximum Gasteiger partial charge on any atom is 0.229 e. The maximum absolute atomic E-state index is 13.7. The van der Waals surface area contributed by atoms with E-state index in [1.54, 1.807) is 6.07 Å². The molecule has 19 heavy (non-hydrogen) atoms. The molecule has 0 atom stereocenters. The molecule has 0 saturated heterocycles. The zero-order valence-corrected chi connectivity index (χ0v) is 11.4. The van der Waals surface area contributed by atoms with Crippen LogP contribution in [0.2, 0.25) is 0 Å². The Labute approximate surface area is 117 Å². The van der Waals surface area contributed by atoms with Gasteiger partial charge in [0.15, 0.2) is 5.65 Å². The third-order valence-corrected chi connectivity index (χ3v) is 3.26. The van der Waals surface area contributed by atoms with Gasteiger partial charge in [0.05, 0.1) is 0 Å². The highest BCUT2D eigenvalue weighted by molar-refractivity contribution is 9.10. The van der Waals surface area contributed by atoms with Crippen molar-refractivity contribution in [1.29, 1.82) is 0 Å². The Morgan fingerprint density at radius 3 is 2.95 bits per heavy atom. The van der Waals surface area contributed by atoms with E-state index >= 15 is 0 Å². The highest BCUT2D eigenvalue weighted by Crippen LogP contribution is 2.16. The molecule has 3 rings (SSSR count). The van der Waals surface area contributed by atoms with Gasteiger partial charge in [-0.05, 0) is 24.3 Å². The number of nitrogens with one attached hydrogen (secondary N) is 1. The lowest BCUT2D eigenvalue weighted by atomic mass is 10.2. The third kappa shape index (κ3) is 2.44. The number of nitrogens with zero attached hydrogens (tertiary/aromatic N) is 3. The summed E-state index contributed by atoms with van der Waals surface area (Å²) in [5, 5.41) is 11.1. The summed E-state index contributed by atoms with van der Waals surface area (Å²) in [6.45, 7) is 0.356. The fraction of sp³-hybridized carbons (Fsp3) is 0.0769. The smallest absolute Gasteiger partial charge is 0.229 e. The van der Waals surface area contributed by atoms with E-state index in [1.807, 2.05) is 34.9 Å². The number of rotatable bonds is 3. The highest BCUT2D eigenvalue weighted by atomic mass is 79.9. The molecule has 0 radical (unpaired) electrons. The Morgan fingerprint density at radius 2 is 2.11 bits per heavy atom. The molecule has 0 amide bonds. The fourth-order valence-corrected chi connectivity index (χ4v) is 2.13. The SMILES string of the molecule is Fc1cc(Br)ccc1CNc1nnc2ccccn12. The Bertz CT molecular complexity index is 725. The molecule has 0 unspecified atom stereocenters. The van der Waals surface area contributed by atoms with Crippen molar-refractivity contribution in [3.05, 3.63) is 58.4 Å². The number of aromatic nitrogens is 3. The zero-order chi connectivity index (χ0) is 13.2. The van der Waals surface area contributed by atoms with Gasteiger partial charge in [0.25, 0.3) is 0 Å². The lowest BCUT2D eigenvalue weighted by Crippen LogP contribution is -2.05. The van der Waals surface area contributed by atoms with E-state index < -0.39 is 0 Å². The standard InChI is InChI=1S/C13H10BrFN4/c14-10-5-4-9(11(15)7-10)8-16-13-18-17-12-3-1-2-6-19(12)13/h1-7H,8H2,(H,16,18). The molecule has 0 saturated carbocycles. The van der Waals surface area contributed by atoms with Crippen LogP contribution in [0, 0.1) is 5.82 Å². The molecule has 96 valence electrons. The molecule has 1 aromatic carbocycles. The summed E-state index contributed by atoms with van der Waals surface area (Å²) in [5.74, 6) is 0.341. The van der Waals surface area contributed by atoms with Gasteiger partial charge < -0.3 is 5.32 Å². The minimum atomic E-state index is -0.254. The molecule has 0 spiro atoms. The molecule has 0 fully saturated rings. The molecule has 6 heteroatoms. The van der Waals surface area contributed by atoms with Crippen LogP contribution in [0.15, 0.2) is 47.1 Å². The molecule has 2 aromatic heterocycles. The molecule has 0 aliphatic heterocycles. The highest BCUT2D eigenvalue weighted by Gasteiger charge is 2.06. The van der Waals surface area contributed by atoms with Gasteiger partial charge in [-0.2, -0.15) is 0 Å². The van der Waals surface area contributed by atoms with E-state index in [1.165, 1.54) is 6.07 Å². The summed E-state index contributed by atoms with van der Waals surface area (Å²) in [5.41, 5.74) is 1.33. The minimum absolute atomic E-state index is 0.254. The van der Waals surface area contributed by atoms with Crippen molar-refractivity contribution < 1.29 is 4.39 Å². The quantitative estimate of drug-likeness (QED) is 0.805. The zero-order valence-electron chi connectivity index (χ0n) is 9.85. The van der Waals surface area contributed by atoms with Crippen molar-refractivity contribution >= 4 is 27.5 Å². The van der Waals surface area contributed by atoms with E-state index in [0.717, 1.165) is 10.1 Å². The van der Waals surface area contributed by atoms with Crippen molar-refractivity contribution in [1.82, 2.24) is 14.6 Å². The number of benzene rings is 1. The summed E-state index contributed by atoms with van der Waals surface area (Å²) in [7, 11) is 0. The van der Waals surface area contributed by atoms with Crippen LogP contribution in [0.3, 0.4) is 0 Å². The van der Waals surface area contributed by atoms with Crippen molar-refractivity contribution in [2.75, 3.05) is 5.32 Å². The van der Waals surface area contributed by atoms with Gasteiger partial charge in [-0.3, -0.25) is 4.40 Å².